The number of piperidine rings is 1. The second-order valence-electron chi connectivity index (χ2n) is 8.84. The molecule has 1 saturated carbocycles. The van der Waals surface area contributed by atoms with E-state index in [2.05, 4.69) is 5.29 Å². The van der Waals surface area contributed by atoms with Crippen molar-refractivity contribution in [2.24, 2.45) is 16.1 Å². The Bertz CT molecular complexity index is 906. The van der Waals surface area contributed by atoms with Gasteiger partial charge in [0.05, 0.1) is 42.4 Å². The van der Waals surface area contributed by atoms with Crippen molar-refractivity contribution in [1.29, 1.82) is 0 Å². The molecule has 4 atom stereocenters. The van der Waals surface area contributed by atoms with Crippen LogP contribution in [0.25, 0.3) is 0 Å². The maximum atomic E-state index is 14.0. The van der Waals surface area contributed by atoms with Gasteiger partial charge in [0.2, 0.25) is 0 Å². The normalized spacial score (nSPS) is 30.7. The molecule has 4 rings (SSSR count). The highest BCUT2D eigenvalue weighted by molar-refractivity contribution is 5.93. The Balaban J connectivity index is 1.93. The Hall–Kier alpha value is -2.89. The number of nitrogens with zero attached hydrogens (tertiary/aromatic N) is 2. The van der Waals surface area contributed by atoms with Gasteiger partial charge in [0, 0.05) is 0 Å². The van der Waals surface area contributed by atoms with Gasteiger partial charge in [0.25, 0.3) is 0 Å². The molecule has 0 amide bonds. The van der Waals surface area contributed by atoms with E-state index in [0.29, 0.717) is 11.5 Å². The van der Waals surface area contributed by atoms with E-state index < -0.39 is 22.9 Å². The maximum absolute atomic E-state index is 14.0. The summed E-state index contributed by atoms with van der Waals surface area (Å²) in [6, 6.07) is 14.3. The Labute approximate surface area is 177 Å². The molecule has 0 spiro atoms. The number of hydrogen-bond acceptors (Lipinski definition) is 5. The molecule has 0 radical (unpaired) electrons. The molecule has 1 heterocycles. The number of ether oxygens (including phenoxy) is 2. The Morgan fingerprint density at radius 2 is 1.37 bits per heavy atom. The van der Waals surface area contributed by atoms with Gasteiger partial charge in [-0.15, -0.1) is 4.91 Å². The summed E-state index contributed by atoms with van der Waals surface area (Å²) in [6.45, 7) is 3.97. The first-order valence-electron chi connectivity index (χ1n) is 10.3. The van der Waals surface area contributed by atoms with Crippen LogP contribution in [0.2, 0.25) is 0 Å². The summed E-state index contributed by atoms with van der Waals surface area (Å²) in [5, 5.41) is 5.15. The van der Waals surface area contributed by atoms with Crippen molar-refractivity contribution in [2.75, 3.05) is 14.2 Å². The fourth-order valence-corrected chi connectivity index (χ4v) is 5.72. The third-order valence-electron chi connectivity index (χ3n) is 7.08. The monoisotopic (exact) mass is 408 g/mol. The molecule has 158 valence electrons. The number of ketones is 1. The number of carbonyl (C=O) groups is 1. The standard InChI is InChI=1S/C24H28N2O4/c1-23-12-7-13-24(2,22(23)27)21(17-9-6-11-19(15-17)30-4)26(25-28)20(23)16-8-5-10-18(14-16)29-3/h5-6,8-11,14-15,20-21H,7,12-13H2,1-4H3/t20?,21?,23-,24+. The zero-order chi connectivity index (χ0) is 21.5. The molecule has 2 unspecified atom stereocenters. The average Bonchev–Trinajstić information content (AvgIpc) is 2.76. The van der Waals surface area contributed by atoms with Crippen LogP contribution in [0.4, 0.5) is 0 Å². The lowest BCUT2D eigenvalue weighted by Gasteiger charge is -2.59. The second-order valence-corrected chi connectivity index (χ2v) is 8.84. The highest BCUT2D eigenvalue weighted by Crippen LogP contribution is 2.63. The first kappa shape index (κ1) is 20.4. The van der Waals surface area contributed by atoms with Crippen LogP contribution in [0.1, 0.15) is 56.3 Å². The van der Waals surface area contributed by atoms with Crippen LogP contribution in [0, 0.1) is 15.7 Å². The SMILES string of the molecule is COc1cccc(C2N(N=O)C(c3cccc(OC)c3)[C@]3(C)CCC[C@@]2(C)C3=O)c1. The van der Waals surface area contributed by atoms with Crippen molar-refractivity contribution >= 4 is 5.78 Å². The third-order valence-corrected chi connectivity index (χ3v) is 7.08. The van der Waals surface area contributed by atoms with Crippen molar-refractivity contribution in [3.63, 3.8) is 0 Å². The highest BCUT2D eigenvalue weighted by Gasteiger charge is 2.64. The fraction of sp³-hybridized carbons (Fsp3) is 0.458. The molecular weight excluding hydrogens is 380 g/mol. The van der Waals surface area contributed by atoms with Gasteiger partial charge in [0.15, 0.2) is 0 Å². The Kier molecular flexibility index (Phi) is 5.04. The largest absolute Gasteiger partial charge is 0.497 e. The lowest BCUT2D eigenvalue weighted by molar-refractivity contribution is -0.171. The number of fused-ring (bicyclic) bond motifs is 2. The van der Waals surface area contributed by atoms with E-state index in [0.717, 1.165) is 30.4 Å². The van der Waals surface area contributed by atoms with E-state index in [9.17, 15) is 9.70 Å². The smallest absolute Gasteiger partial charge is 0.149 e. The number of hydrogen-bond donors (Lipinski definition) is 0. The van der Waals surface area contributed by atoms with Gasteiger partial charge in [-0.3, -0.25) is 4.79 Å². The minimum absolute atomic E-state index is 0.196. The quantitative estimate of drug-likeness (QED) is 0.632. The van der Waals surface area contributed by atoms with Gasteiger partial charge in [-0.1, -0.05) is 44.5 Å². The van der Waals surface area contributed by atoms with Crippen molar-refractivity contribution in [3.8, 4) is 11.5 Å². The van der Waals surface area contributed by atoms with Crippen molar-refractivity contribution in [1.82, 2.24) is 5.01 Å². The molecule has 2 aromatic carbocycles. The van der Waals surface area contributed by atoms with E-state index in [1.165, 1.54) is 0 Å². The maximum Gasteiger partial charge on any atom is 0.149 e. The van der Waals surface area contributed by atoms with Gasteiger partial charge >= 0.3 is 0 Å². The minimum Gasteiger partial charge on any atom is -0.497 e. The number of benzene rings is 2. The average molecular weight is 408 g/mol. The number of Topliss-reactive ketones (excluding diaryl/α,β-unsaturated/α-hetero) is 1. The molecule has 1 saturated heterocycles. The molecule has 2 aromatic rings. The first-order valence-corrected chi connectivity index (χ1v) is 10.3. The van der Waals surface area contributed by atoms with Crippen LogP contribution in [0.5, 0.6) is 11.5 Å². The molecule has 6 heteroatoms. The van der Waals surface area contributed by atoms with E-state index in [-0.39, 0.29) is 5.78 Å². The highest BCUT2D eigenvalue weighted by atomic mass is 16.5. The molecule has 1 aliphatic heterocycles. The summed E-state index contributed by atoms with van der Waals surface area (Å²) in [5.74, 6) is 1.58. The number of carbonyl (C=O) groups excluding carboxylic acids is 1. The summed E-state index contributed by atoms with van der Waals surface area (Å²) in [7, 11) is 3.22. The molecule has 6 nitrogen and oxygen atoms in total. The van der Waals surface area contributed by atoms with Crippen LogP contribution in [-0.2, 0) is 4.79 Å². The summed E-state index contributed by atoms with van der Waals surface area (Å²) < 4.78 is 10.8. The Morgan fingerprint density at radius 1 is 0.900 bits per heavy atom. The molecule has 2 bridgehead atoms. The third kappa shape index (κ3) is 2.89. The van der Waals surface area contributed by atoms with Gasteiger partial charge in [-0.05, 0) is 48.2 Å². The van der Waals surface area contributed by atoms with Crippen molar-refractivity contribution < 1.29 is 14.3 Å². The van der Waals surface area contributed by atoms with Gasteiger partial charge < -0.3 is 9.47 Å². The topological polar surface area (TPSA) is 68.2 Å². The van der Waals surface area contributed by atoms with Crippen LogP contribution in [0.3, 0.4) is 0 Å². The summed E-state index contributed by atoms with van der Waals surface area (Å²) in [6.07, 6.45) is 2.37. The van der Waals surface area contributed by atoms with Crippen molar-refractivity contribution in [2.45, 2.75) is 45.2 Å². The van der Waals surface area contributed by atoms with E-state index in [1.54, 1.807) is 19.2 Å². The summed E-state index contributed by atoms with van der Waals surface area (Å²) in [4.78, 5) is 26.3. The van der Waals surface area contributed by atoms with Crippen molar-refractivity contribution in [3.05, 3.63) is 64.6 Å². The van der Waals surface area contributed by atoms with E-state index in [4.69, 9.17) is 9.47 Å². The molecule has 2 aliphatic rings. The van der Waals surface area contributed by atoms with E-state index >= 15 is 0 Å². The molecular formula is C24H28N2O4. The van der Waals surface area contributed by atoms with Gasteiger partial charge in [-0.25, -0.2) is 5.01 Å². The van der Waals surface area contributed by atoms with Crippen LogP contribution in [0.15, 0.2) is 53.8 Å². The zero-order valence-electron chi connectivity index (χ0n) is 17.9. The van der Waals surface area contributed by atoms with Gasteiger partial charge in [0.1, 0.15) is 17.3 Å². The van der Waals surface area contributed by atoms with Crippen LogP contribution < -0.4 is 9.47 Å². The number of methoxy groups -OCH3 is 2. The van der Waals surface area contributed by atoms with Crippen LogP contribution >= 0.6 is 0 Å². The lowest BCUT2D eigenvalue weighted by atomic mass is 9.52. The molecule has 2 fully saturated rings. The second kappa shape index (κ2) is 7.42. The fourth-order valence-electron chi connectivity index (χ4n) is 5.72. The molecule has 30 heavy (non-hydrogen) atoms. The number of nitroso groups, excluding NO2 is 1. The van der Waals surface area contributed by atoms with Crippen LogP contribution in [-0.4, -0.2) is 25.0 Å². The zero-order valence-corrected chi connectivity index (χ0v) is 17.9. The molecule has 0 aromatic heterocycles. The minimum atomic E-state index is -0.706. The summed E-state index contributed by atoms with van der Waals surface area (Å²) >= 11 is 0. The predicted molar refractivity (Wildman–Crippen MR) is 114 cm³/mol. The molecule has 0 N–H and O–H groups in total. The van der Waals surface area contributed by atoms with E-state index in [1.807, 2.05) is 62.4 Å². The van der Waals surface area contributed by atoms with Gasteiger partial charge in [-0.2, -0.15) is 0 Å². The number of rotatable bonds is 5. The lowest BCUT2D eigenvalue weighted by Crippen LogP contribution is -2.61. The first-order chi connectivity index (χ1) is 14.4. The Morgan fingerprint density at radius 3 is 1.77 bits per heavy atom. The summed E-state index contributed by atoms with van der Waals surface area (Å²) in [5.41, 5.74) is 0.314. The molecule has 1 aliphatic carbocycles. The predicted octanol–water partition coefficient (Wildman–Crippen LogP) is 5.25.